The van der Waals surface area contributed by atoms with E-state index in [4.69, 9.17) is 11.6 Å². The number of benzene rings is 1. The SMILES string of the molecule is FC(Cl)c1nc2ccccc2[nH]1. The summed E-state index contributed by atoms with van der Waals surface area (Å²) in [5.74, 6) is 0.165. The average molecular weight is 185 g/mol. The molecule has 1 N–H and O–H groups in total. The summed E-state index contributed by atoms with van der Waals surface area (Å²) < 4.78 is 12.5. The highest BCUT2D eigenvalue weighted by Gasteiger charge is 2.09. The molecular formula is C8H6ClFN2. The number of nitrogens with zero attached hydrogens (tertiary/aromatic N) is 1. The van der Waals surface area contributed by atoms with E-state index in [0.717, 1.165) is 11.0 Å². The van der Waals surface area contributed by atoms with Crippen molar-refractivity contribution in [1.82, 2.24) is 9.97 Å². The van der Waals surface area contributed by atoms with Gasteiger partial charge in [-0.2, -0.15) is 0 Å². The van der Waals surface area contributed by atoms with Crippen LogP contribution in [-0.4, -0.2) is 9.97 Å². The number of aromatic nitrogens is 2. The first-order valence-corrected chi connectivity index (χ1v) is 3.94. The summed E-state index contributed by atoms with van der Waals surface area (Å²) in [7, 11) is 0. The minimum absolute atomic E-state index is 0.165. The molecule has 62 valence electrons. The summed E-state index contributed by atoms with van der Waals surface area (Å²) in [4.78, 5) is 6.73. The summed E-state index contributed by atoms with van der Waals surface area (Å²) >= 11 is 5.21. The van der Waals surface area contributed by atoms with Crippen LogP contribution in [0.3, 0.4) is 0 Å². The van der Waals surface area contributed by atoms with Crippen LogP contribution in [0.25, 0.3) is 11.0 Å². The molecule has 0 spiro atoms. The third kappa shape index (κ3) is 1.16. The highest BCUT2D eigenvalue weighted by Crippen LogP contribution is 2.21. The number of alkyl halides is 2. The van der Waals surface area contributed by atoms with Gasteiger partial charge >= 0.3 is 0 Å². The van der Waals surface area contributed by atoms with Gasteiger partial charge in [0.2, 0.25) is 5.63 Å². The van der Waals surface area contributed by atoms with Crippen LogP contribution in [0.2, 0.25) is 0 Å². The number of hydrogen-bond acceptors (Lipinski definition) is 1. The molecule has 1 aromatic carbocycles. The summed E-state index contributed by atoms with van der Waals surface area (Å²) in [5.41, 5.74) is -0.0241. The van der Waals surface area contributed by atoms with Gasteiger partial charge in [0.05, 0.1) is 11.0 Å². The van der Waals surface area contributed by atoms with Gasteiger partial charge in [0, 0.05) is 0 Å². The van der Waals surface area contributed by atoms with Gasteiger partial charge < -0.3 is 4.98 Å². The molecule has 1 atom stereocenters. The molecule has 0 radical (unpaired) electrons. The Balaban J connectivity index is 2.62. The number of nitrogens with one attached hydrogen (secondary N) is 1. The van der Waals surface area contributed by atoms with Crippen molar-refractivity contribution in [2.45, 2.75) is 5.63 Å². The van der Waals surface area contributed by atoms with E-state index in [0.29, 0.717) is 0 Å². The zero-order valence-electron chi connectivity index (χ0n) is 6.09. The van der Waals surface area contributed by atoms with Crippen LogP contribution in [-0.2, 0) is 0 Å². The highest BCUT2D eigenvalue weighted by atomic mass is 35.5. The first-order chi connectivity index (χ1) is 5.77. The average Bonchev–Trinajstić information content (AvgIpc) is 2.46. The summed E-state index contributed by atoms with van der Waals surface area (Å²) in [6.07, 6.45) is 0. The summed E-state index contributed by atoms with van der Waals surface area (Å²) in [5, 5.41) is 0. The second-order valence-electron chi connectivity index (χ2n) is 2.44. The first-order valence-electron chi connectivity index (χ1n) is 3.50. The Labute approximate surface area is 73.4 Å². The van der Waals surface area contributed by atoms with Gasteiger partial charge in [-0.1, -0.05) is 23.7 Å². The van der Waals surface area contributed by atoms with Crippen molar-refractivity contribution in [2.24, 2.45) is 0 Å². The van der Waals surface area contributed by atoms with Gasteiger partial charge in [-0.3, -0.25) is 0 Å². The molecule has 0 aliphatic carbocycles. The molecule has 0 aliphatic rings. The molecule has 4 heteroatoms. The van der Waals surface area contributed by atoms with E-state index in [9.17, 15) is 4.39 Å². The fraction of sp³-hybridized carbons (Fsp3) is 0.125. The normalized spacial score (nSPS) is 13.5. The largest absolute Gasteiger partial charge is 0.338 e. The van der Waals surface area contributed by atoms with Crippen LogP contribution in [0.15, 0.2) is 24.3 Å². The molecule has 2 rings (SSSR count). The molecule has 0 aliphatic heterocycles. The van der Waals surface area contributed by atoms with Crippen molar-refractivity contribution in [2.75, 3.05) is 0 Å². The minimum atomic E-state index is -1.56. The van der Waals surface area contributed by atoms with Gasteiger partial charge in [-0.15, -0.1) is 0 Å². The Morgan fingerprint density at radius 1 is 1.42 bits per heavy atom. The molecule has 2 nitrogen and oxygen atoms in total. The maximum absolute atomic E-state index is 12.5. The second-order valence-corrected chi connectivity index (χ2v) is 2.82. The van der Waals surface area contributed by atoms with Gasteiger partial charge in [-0.25, -0.2) is 9.37 Å². The van der Waals surface area contributed by atoms with Gasteiger partial charge in [0.25, 0.3) is 0 Å². The van der Waals surface area contributed by atoms with Crippen LogP contribution in [0.4, 0.5) is 4.39 Å². The molecule has 0 saturated heterocycles. The standard InChI is InChI=1S/C8H6ClFN2/c9-7(10)8-11-5-3-1-2-4-6(5)12-8/h1-4,7H,(H,11,12). The molecule has 0 fully saturated rings. The zero-order chi connectivity index (χ0) is 8.55. The molecule has 1 heterocycles. The van der Waals surface area contributed by atoms with Crippen LogP contribution in [0.5, 0.6) is 0 Å². The van der Waals surface area contributed by atoms with E-state index in [1.165, 1.54) is 0 Å². The van der Waals surface area contributed by atoms with Crippen molar-refractivity contribution in [1.29, 1.82) is 0 Å². The van der Waals surface area contributed by atoms with Gasteiger partial charge in [-0.05, 0) is 12.1 Å². The number of H-pyrrole nitrogens is 1. The number of hydrogen-bond donors (Lipinski definition) is 1. The first kappa shape index (κ1) is 7.55. The quantitative estimate of drug-likeness (QED) is 0.679. The van der Waals surface area contributed by atoms with E-state index in [1.807, 2.05) is 18.2 Å². The molecule has 12 heavy (non-hydrogen) atoms. The zero-order valence-corrected chi connectivity index (χ0v) is 6.85. The number of imidazole rings is 1. The molecular weight excluding hydrogens is 179 g/mol. The van der Waals surface area contributed by atoms with Crippen molar-refractivity contribution < 1.29 is 4.39 Å². The fourth-order valence-electron chi connectivity index (χ4n) is 1.08. The number of halogens is 2. The van der Waals surface area contributed by atoms with E-state index in [1.54, 1.807) is 6.07 Å². The molecule has 1 aromatic heterocycles. The Hall–Kier alpha value is -1.09. The molecule has 0 amide bonds. The summed E-state index contributed by atoms with van der Waals surface area (Å²) in [6.45, 7) is 0. The van der Waals surface area contributed by atoms with Crippen molar-refractivity contribution in [3.05, 3.63) is 30.1 Å². The molecule has 1 unspecified atom stereocenters. The van der Waals surface area contributed by atoms with Gasteiger partial charge in [0.1, 0.15) is 0 Å². The smallest absolute Gasteiger partial charge is 0.230 e. The van der Waals surface area contributed by atoms with Crippen molar-refractivity contribution >= 4 is 22.6 Å². The van der Waals surface area contributed by atoms with E-state index < -0.39 is 5.63 Å². The number of rotatable bonds is 1. The van der Waals surface area contributed by atoms with Crippen molar-refractivity contribution in [3.8, 4) is 0 Å². The number of fused-ring (bicyclic) bond motifs is 1. The van der Waals surface area contributed by atoms with Gasteiger partial charge in [0.15, 0.2) is 5.82 Å². The van der Waals surface area contributed by atoms with Crippen LogP contribution < -0.4 is 0 Å². The lowest BCUT2D eigenvalue weighted by Crippen LogP contribution is -1.83. The maximum Gasteiger partial charge on any atom is 0.230 e. The fourth-order valence-corrected chi connectivity index (χ4v) is 1.18. The Bertz CT molecular complexity index is 364. The topological polar surface area (TPSA) is 28.7 Å². The predicted octanol–water partition coefficient (Wildman–Crippen LogP) is 2.77. The van der Waals surface area contributed by atoms with Crippen molar-refractivity contribution in [3.63, 3.8) is 0 Å². The van der Waals surface area contributed by atoms with Crippen LogP contribution in [0.1, 0.15) is 11.5 Å². The maximum atomic E-state index is 12.5. The number of para-hydroxylation sites is 2. The lowest BCUT2D eigenvalue weighted by molar-refractivity contribution is 0.444. The van der Waals surface area contributed by atoms with Crippen LogP contribution >= 0.6 is 11.6 Å². The third-order valence-corrected chi connectivity index (χ3v) is 1.82. The second kappa shape index (κ2) is 2.75. The Morgan fingerprint density at radius 3 is 2.83 bits per heavy atom. The Morgan fingerprint density at radius 2 is 2.17 bits per heavy atom. The molecule has 0 bridgehead atoms. The Kier molecular flexibility index (Phi) is 1.73. The lowest BCUT2D eigenvalue weighted by atomic mass is 10.3. The molecule has 0 saturated carbocycles. The number of aromatic amines is 1. The summed E-state index contributed by atoms with van der Waals surface area (Å²) in [6, 6.07) is 7.32. The third-order valence-electron chi connectivity index (χ3n) is 1.61. The predicted molar refractivity (Wildman–Crippen MR) is 45.8 cm³/mol. The van der Waals surface area contributed by atoms with Crippen LogP contribution in [0, 0.1) is 0 Å². The highest BCUT2D eigenvalue weighted by molar-refractivity contribution is 6.19. The monoisotopic (exact) mass is 184 g/mol. The lowest BCUT2D eigenvalue weighted by Gasteiger charge is -1.89. The van der Waals surface area contributed by atoms with E-state index in [-0.39, 0.29) is 5.82 Å². The molecule has 2 aromatic rings. The van der Waals surface area contributed by atoms with E-state index in [2.05, 4.69) is 9.97 Å². The van der Waals surface area contributed by atoms with E-state index >= 15 is 0 Å². The minimum Gasteiger partial charge on any atom is -0.338 e.